The van der Waals surface area contributed by atoms with Crippen molar-refractivity contribution < 1.29 is 4.74 Å². The first kappa shape index (κ1) is 19.8. The van der Waals surface area contributed by atoms with Crippen molar-refractivity contribution in [2.24, 2.45) is 0 Å². The highest BCUT2D eigenvalue weighted by atomic mass is 32.1. The highest BCUT2D eigenvalue weighted by Crippen LogP contribution is 2.23. The van der Waals surface area contributed by atoms with E-state index in [0.29, 0.717) is 18.2 Å². The number of aryl methyl sites for hydroxylation is 2. The molecule has 0 saturated heterocycles. The summed E-state index contributed by atoms with van der Waals surface area (Å²) >= 11 is 5.74. The zero-order valence-electron chi connectivity index (χ0n) is 16.5. The van der Waals surface area contributed by atoms with Gasteiger partial charge in [-0.2, -0.15) is 0 Å². The number of hydrogen-bond donors (Lipinski definition) is 1. The van der Waals surface area contributed by atoms with Gasteiger partial charge in [0, 0.05) is 24.5 Å². The van der Waals surface area contributed by atoms with E-state index in [1.54, 1.807) is 13.3 Å². The minimum absolute atomic E-state index is 0.629. The first-order valence-corrected chi connectivity index (χ1v) is 9.62. The second-order valence-electron chi connectivity index (χ2n) is 6.78. The molecule has 0 aliphatic heterocycles. The zero-order valence-corrected chi connectivity index (χ0v) is 17.3. The van der Waals surface area contributed by atoms with Gasteiger partial charge in [-0.15, -0.1) is 0 Å². The Morgan fingerprint density at radius 3 is 2.50 bits per heavy atom. The summed E-state index contributed by atoms with van der Waals surface area (Å²) in [6.07, 6.45) is 1.81. The number of ether oxygens (including phenoxy) is 1. The second-order valence-corrected chi connectivity index (χ2v) is 7.16. The Morgan fingerprint density at radius 2 is 1.82 bits per heavy atom. The molecule has 3 aromatic rings. The van der Waals surface area contributed by atoms with Crippen LogP contribution in [0, 0.1) is 13.8 Å². The minimum Gasteiger partial charge on any atom is -0.496 e. The molecule has 4 nitrogen and oxygen atoms in total. The highest BCUT2D eigenvalue weighted by Gasteiger charge is 2.13. The summed E-state index contributed by atoms with van der Waals surface area (Å²) in [6, 6.07) is 20.4. The van der Waals surface area contributed by atoms with E-state index in [4.69, 9.17) is 17.0 Å². The molecule has 2 aromatic carbocycles. The molecule has 3 rings (SSSR count). The van der Waals surface area contributed by atoms with Gasteiger partial charge in [0.2, 0.25) is 0 Å². The van der Waals surface area contributed by atoms with Gasteiger partial charge in [0.05, 0.1) is 19.3 Å². The molecule has 0 saturated carbocycles. The average Bonchev–Trinajstić information content (AvgIpc) is 2.71. The number of pyridine rings is 1. The zero-order chi connectivity index (χ0) is 19.9. The van der Waals surface area contributed by atoms with E-state index < -0.39 is 0 Å². The first-order chi connectivity index (χ1) is 13.5. The van der Waals surface area contributed by atoms with Gasteiger partial charge in [-0.05, 0) is 55.4 Å². The molecule has 1 aromatic heterocycles. The molecule has 0 bridgehead atoms. The van der Waals surface area contributed by atoms with Crippen molar-refractivity contribution in [3.05, 3.63) is 89.2 Å². The third-order valence-electron chi connectivity index (χ3n) is 4.52. The molecule has 0 fully saturated rings. The van der Waals surface area contributed by atoms with Crippen LogP contribution in [0.4, 0.5) is 5.69 Å². The lowest BCUT2D eigenvalue weighted by atomic mass is 10.1. The molecule has 0 atom stereocenters. The Bertz CT molecular complexity index is 926. The summed E-state index contributed by atoms with van der Waals surface area (Å²) in [7, 11) is 1.68. The molecule has 0 radical (unpaired) electrons. The molecule has 0 spiro atoms. The summed E-state index contributed by atoms with van der Waals surface area (Å²) < 4.78 is 5.42. The summed E-state index contributed by atoms with van der Waals surface area (Å²) in [5.74, 6) is 0.836. The monoisotopic (exact) mass is 391 g/mol. The maximum Gasteiger partial charge on any atom is 0.174 e. The quantitative estimate of drug-likeness (QED) is 0.591. The van der Waals surface area contributed by atoms with Gasteiger partial charge in [-0.3, -0.25) is 4.98 Å². The van der Waals surface area contributed by atoms with Gasteiger partial charge < -0.3 is 15.0 Å². The summed E-state index contributed by atoms with van der Waals surface area (Å²) in [4.78, 5) is 6.57. The highest BCUT2D eigenvalue weighted by molar-refractivity contribution is 7.80. The van der Waals surface area contributed by atoms with Gasteiger partial charge in [0.15, 0.2) is 5.11 Å². The van der Waals surface area contributed by atoms with Crippen LogP contribution in [0.2, 0.25) is 0 Å². The van der Waals surface area contributed by atoms with E-state index in [9.17, 15) is 0 Å². The molecule has 5 heteroatoms. The molecule has 1 N–H and O–H groups in total. The van der Waals surface area contributed by atoms with Gasteiger partial charge in [-0.25, -0.2) is 0 Å². The Hall–Kier alpha value is -2.92. The standard InChI is InChI=1S/C23H25N3OS/c1-17-7-10-19(11-8-17)15-26(16-21-6-4-5-13-24-21)23(28)25-20-12-9-18(2)22(14-20)27-3/h4-14H,15-16H2,1-3H3,(H,25,28). The van der Waals surface area contributed by atoms with Crippen LogP contribution >= 0.6 is 12.2 Å². The number of hydrogen-bond acceptors (Lipinski definition) is 3. The maximum atomic E-state index is 5.74. The van der Waals surface area contributed by atoms with Crippen LogP contribution in [-0.2, 0) is 13.1 Å². The predicted molar refractivity (Wildman–Crippen MR) is 119 cm³/mol. The number of methoxy groups -OCH3 is 1. The SMILES string of the molecule is COc1cc(NC(=S)N(Cc2ccc(C)cc2)Cc2ccccn2)ccc1C. The Kier molecular flexibility index (Phi) is 6.61. The smallest absolute Gasteiger partial charge is 0.174 e. The van der Waals surface area contributed by atoms with E-state index in [0.717, 1.165) is 22.7 Å². The average molecular weight is 392 g/mol. The van der Waals surface area contributed by atoms with Crippen molar-refractivity contribution in [3.63, 3.8) is 0 Å². The fourth-order valence-corrected chi connectivity index (χ4v) is 3.15. The molecule has 1 heterocycles. The van der Waals surface area contributed by atoms with Gasteiger partial charge in [0.25, 0.3) is 0 Å². The number of benzene rings is 2. The molecule has 0 aliphatic rings. The van der Waals surface area contributed by atoms with Crippen molar-refractivity contribution >= 4 is 23.0 Å². The summed E-state index contributed by atoms with van der Waals surface area (Å²) in [5, 5.41) is 4.00. The van der Waals surface area contributed by atoms with E-state index in [-0.39, 0.29) is 0 Å². The summed E-state index contributed by atoms with van der Waals surface area (Å²) in [6.45, 7) is 5.44. The van der Waals surface area contributed by atoms with Crippen molar-refractivity contribution in [3.8, 4) is 5.75 Å². The van der Waals surface area contributed by atoms with Gasteiger partial charge in [-0.1, -0.05) is 42.0 Å². The number of thiocarbonyl (C=S) groups is 1. The van der Waals surface area contributed by atoms with Crippen molar-refractivity contribution in [2.75, 3.05) is 12.4 Å². The van der Waals surface area contributed by atoms with E-state index >= 15 is 0 Å². The maximum absolute atomic E-state index is 5.74. The lowest BCUT2D eigenvalue weighted by Gasteiger charge is -2.26. The fourth-order valence-electron chi connectivity index (χ4n) is 2.90. The van der Waals surface area contributed by atoms with Crippen LogP contribution in [0.3, 0.4) is 0 Å². The Morgan fingerprint density at radius 1 is 1.04 bits per heavy atom. The molecule has 0 unspecified atom stereocenters. The lowest BCUT2D eigenvalue weighted by Crippen LogP contribution is -2.34. The normalized spacial score (nSPS) is 10.4. The summed E-state index contributed by atoms with van der Waals surface area (Å²) in [5.41, 5.74) is 5.41. The van der Waals surface area contributed by atoms with Crippen LogP contribution in [0.5, 0.6) is 5.75 Å². The molecular formula is C23H25N3OS. The van der Waals surface area contributed by atoms with Gasteiger partial charge in [0.1, 0.15) is 5.75 Å². The number of rotatable bonds is 6. The number of nitrogens with zero attached hydrogens (tertiary/aromatic N) is 2. The van der Waals surface area contributed by atoms with Crippen molar-refractivity contribution in [2.45, 2.75) is 26.9 Å². The van der Waals surface area contributed by atoms with E-state index in [2.05, 4.69) is 46.4 Å². The molecule has 144 valence electrons. The Balaban J connectivity index is 1.80. The van der Waals surface area contributed by atoms with Crippen LogP contribution < -0.4 is 10.1 Å². The minimum atomic E-state index is 0.629. The third-order valence-corrected chi connectivity index (χ3v) is 4.88. The largest absolute Gasteiger partial charge is 0.496 e. The topological polar surface area (TPSA) is 37.4 Å². The van der Waals surface area contributed by atoms with Crippen LogP contribution in [-0.4, -0.2) is 22.1 Å². The molecular weight excluding hydrogens is 366 g/mol. The third kappa shape index (κ3) is 5.30. The Labute approximate surface area is 172 Å². The lowest BCUT2D eigenvalue weighted by molar-refractivity contribution is 0.406. The van der Waals surface area contributed by atoms with Crippen molar-refractivity contribution in [1.29, 1.82) is 0 Å². The van der Waals surface area contributed by atoms with E-state index in [1.807, 2.05) is 43.3 Å². The number of anilines is 1. The molecule has 0 aliphatic carbocycles. The van der Waals surface area contributed by atoms with Gasteiger partial charge >= 0.3 is 0 Å². The van der Waals surface area contributed by atoms with Crippen LogP contribution in [0.1, 0.15) is 22.4 Å². The van der Waals surface area contributed by atoms with E-state index in [1.165, 1.54) is 11.1 Å². The fraction of sp³-hybridized carbons (Fsp3) is 0.217. The first-order valence-electron chi connectivity index (χ1n) is 9.21. The molecule has 0 amide bonds. The number of nitrogens with one attached hydrogen (secondary N) is 1. The predicted octanol–water partition coefficient (Wildman–Crippen LogP) is 5.11. The molecule has 28 heavy (non-hydrogen) atoms. The number of aromatic nitrogens is 1. The van der Waals surface area contributed by atoms with Crippen molar-refractivity contribution in [1.82, 2.24) is 9.88 Å². The van der Waals surface area contributed by atoms with Crippen LogP contribution in [0.15, 0.2) is 66.9 Å². The second kappa shape index (κ2) is 9.33. The van der Waals surface area contributed by atoms with Crippen LogP contribution in [0.25, 0.3) is 0 Å².